The van der Waals surface area contributed by atoms with Gasteiger partial charge in [-0.15, -0.1) is 0 Å². The van der Waals surface area contributed by atoms with Crippen molar-refractivity contribution in [1.82, 2.24) is 18.8 Å². The molecule has 6 nitrogen and oxygen atoms in total. The maximum atomic E-state index is 12.9. The van der Waals surface area contributed by atoms with Gasteiger partial charge >= 0.3 is 0 Å². The molecule has 0 N–H and O–H groups in total. The molecule has 2 heterocycles. The zero-order valence-corrected chi connectivity index (χ0v) is 17.3. The first-order valence-corrected chi connectivity index (χ1v) is 11.2. The number of piperazine rings is 1. The summed E-state index contributed by atoms with van der Waals surface area (Å²) in [5.41, 5.74) is 1.15. The second-order valence-electron chi connectivity index (χ2n) is 7.38. The molecule has 7 heteroatoms. The first-order valence-electron chi connectivity index (χ1n) is 9.74. The van der Waals surface area contributed by atoms with Crippen molar-refractivity contribution in [2.45, 2.75) is 44.6 Å². The van der Waals surface area contributed by atoms with Crippen molar-refractivity contribution in [3.63, 3.8) is 0 Å². The monoisotopic (exact) mass is 390 g/mol. The molecule has 3 rings (SSSR count). The summed E-state index contributed by atoms with van der Waals surface area (Å²) in [6, 6.07) is 7.27. The van der Waals surface area contributed by atoms with Crippen LogP contribution in [-0.4, -0.2) is 59.9 Å². The first kappa shape index (κ1) is 20.0. The van der Waals surface area contributed by atoms with Gasteiger partial charge in [0.1, 0.15) is 5.82 Å². The summed E-state index contributed by atoms with van der Waals surface area (Å²) in [5, 5.41) is 0. The predicted molar refractivity (Wildman–Crippen MR) is 107 cm³/mol. The number of hydrogen-bond acceptors (Lipinski definition) is 4. The topological polar surface area (TPSA) is 58.4 Å². The summed E-state index contributed by atoms with van der Waals surface area (Å²) in [7, 11) is -3.40. The van der Waals surface area contributed by atoms with E-state index in [4.69, 9.17) is 0 Å². The second kappa shape index (κ2) is 8.54. The Labute approximate surface area is 162 Å². The maximum absolute atomic E-state index is 12.9. The molecule has 1 fully saturated rings. The molecule has 0 spiro atoms. The van der Waals surface area contributed by atoms with Gasteiger partial charge in [0, 0.05) is 57.6 Å². The van der Waals surface area contributed by atoms with Crippen molar-refractivity contribution in [1.29, 1.82) is 0 Å². The molecular formula is C20H30N4O2S. The van der Waals surface area contributed by atoms with E-state index in [1.165, 1.54) is 0 Å². The Hall–Kier alpha value is -1.70. The number of hydrogen-bond donors (Lipinski definition) is 0. The molecule has 1 aliphatic heterocycles. The van der Waals surface area contributed by atoms with Crippen molar-refractivity contribution >= 4 is 10.0 Å². The van der Waals surface area contributed by atoms with Crippen LogP contribution in [0.1, 0.15) is 38.1 Å². The number of benzene rings is 1. The van der Waals surface area contributed by atoms with E-state index in [-0.39, 0.29) is 0 Å². The Morgan fingerprint density at radius 2 is 1.70 bits per heavy atom. The molecule has 0 radical (unpaired) electrons. The quantitative estimate of drug-likeness (QED) is 0.729. The minimum absolute atomic E-state index is 0.396. The highest BCUT2D eigenvalue weighted by Crippen LogP contribution is 2.19. The van der Waals surface area contributed by atoms with E-state index >= 15 is 0 Å². The Morgan fingerprint density at radius 1 is 1.04 bits per heavy atom. The fourth-order valence-electron chi connectivity index (χ4n) is 3.50. The van der Waals surface area contributed by atoms with Crippen molar-refractivity contribution < 1.29 is 8.42 Å². The average molecular weight is 391 g/mol. The summed E-state index contributed by atoms with van der Waals surface area (Å²) in [5.74, 6) is 1.51. The third-order valence-electron chi connectivity index (χ3n) is 5.22. The lowest BCUT2D eigenvalue weighted by molar-refractivity contribution is 0.182. The highest BCUT2D eigenvalue weighted by Gasteiger charge is 2.28. The largest absolute Gasteiger partial charge is 0.333 e. The molecule has 0 amide bonds. The minimum Gasteiger partial charge on any atom is -0.333 e. The SMILES string of the molecule is CCc1ccc(S(=O)(=O)N2CCN(CCn3ccnc3C(C)C)CC2)cc1. The Kier molecular flexibility index (Phi) is 6.34. The van der Waals surface area contributed by atoms with Crippen LogP contribution in [0.4, 0.5) is 0 Å². The van der Waals surface area contributed by atoms with Gasteiger partial charge in [-0.25, -0.2) is 13.4 Å². The fourth-order valence-corrected chi connectivity index (χ4v) is 4.92. The zero-order valence-electron chi connectivity index (χ0n) is 16.5. The molecule has 27 heavy (non-hydrogen) atoms. The molecule has 1 saturated heterocycles. The smallest absolute Gasteiger partial charge is 0.243 e. The lowest BCUT2D eigenvalue weighted by Crippen LogP contribution is -2.49. The van der Waals surface area contributed by atoms with Crippen LogP contribution in [0.2, 0.25) is 0 Å². The van der Waals surface area contributed by atoms with E-state index in [9.17, 15) is 8.42 Å². The third kappa shape index (κ3) is 4.59. The van der Waals surface area contributed by atoms with E-state index < -0.39 is 10.0 Å². The molecule has 0 aliphatic carbocycles. The van der Waals surface area contributed by atoms with E-state index in [1.807, 2.05) is 24.5 Å². The first-order chi connectivity index (χ1) is 12.9. The van der Waals surface area contributed by atoms with Crippen LogP contribution < -0.4 is 0 Å². The Bertz CT molecular complexity index is 835. The van der Waals surface area contributed by atoms with Crippen molar-refractivity contribution in [2.24, 2.45) is 0 Å². The lowest BCUT2D eigenvalue weighted by atomic mass is 10.2. The molecule has 0 bridgehead atoms. The van der Waals surface area contributed by atoms with Gasteiger partial charge in [-0.05, 0) is 24.1 Å². The number of aromatic nitrogens is 2. The number of nitrogens with zero attached hydrogens (tertiary/aromatic N) is 4. The zero-order chi connectivity index (χ0) is 19.4. The molecular weight excluding hydrogens is 360 g/mol. The summed E-state index contributed by atoms with van der Waals surface area (Å²) in [6.45, 7) is 10.8. The van der Waals surface area contributed by atoms with E-state index in [0.29, 0.717) is 23.9 Å². The van der Waals surface area contributed by atoms with Crippen LogP contribution in [0.15, 0.2) is 41.6 Å². The average Bonchev–Trinajstić information content (AvgIpc) is 3.16. The van der Waals surface area contributed by atoms with Gasteiger partial charge in [-0.1, -0.05) is 32.9 Å². The third-order valence-corrected chi connectivity index (χ3v) is 7.13. The van der Waals surface area contributed by atoms with Crippen molar-refractivity contribution in [3.8, 4) is 0 Å². The van der Waals surface area contributed by atoms with E-state index in [0.717, 1.165) is 44.0 Å². The minimum atomic E-state index is -3.40. The molecule has 1 aliphatic rings. The fraction of sp³-hybridized carbons (Fsp3) is 0.550. The number of sulfonamides is 1. The van der Waals surface area contributed by atoms with Crippen molar-refractivity contribution in [2.75, 3.05) is 32.7 Å². The van der Waals surface area contributed by atoms with E-state index in [2.05, 4.69) is 35.2 Å². The standard InChI is InChI=1S/C20H30N4O2S/c1-4-18-5-7-19(8-6-18)27(25,26)24-15-12-22(13-16-24)11-14-23-10-9-21-20(23)17(2)3/h5-10,17H,4,11-16H2,1-3H3. The van der Waals surface area contributed by atoms with Crippen LogP contribution >= 0.6 is 0 Å². The van der Waals surface area contributed by atoms with Gasteiger partial charge in [0.15, 0.2) is 0 Å². The number of imidazole rings is 1. The lowest BCUT2D eigenvalue weighted by Gasteiger charge is -2.34. The predicted octanol–water partition coefficient (Wildman–Crippen LogP) is 2.58. The van der Waals surface area contributed by atoms with Gasteiger partial charge in [0.25, 0.3) is 0 Å². The molecule has 0 saturated carbocycles. The van der Waals surface area contributed by atoms with Crippen LogP contribution in [-0.2, 0) is 23.0 Å². The molecule has 2 aromatic rings. The molecule has 0 atom stereocenters. The highest BCUT2D eigenvalue weighted by atomic mass is 32.2. The normalized spacial score (nSPS) is 16.9. The number of aryl methyl sites for hydroxylation is 1. The van der Waals surface area contributed by atoms with Crippen LogP contribution in [0.25, 0.3) is 0 Å². The number of rotatable bonds is 7. The maximum Gasteiger partial charge on any atom is 0.243 e. The van der Waals surface area contributed by atoms with Crippen LogP contribution in [0.5, 0.6) is 0 Å². The van der Waals surface area contributed by atoms with Crippen LogP contribution in [0.3, 0.4) is 0 Å². The molecule has 1 aromatic heterocycles. The van der Waals surface area contributed by atoms with Gasteiger partial charge < -0.3 is 4.57 Å². The van der Waals surface area contributed by atoms with E-state index in [1.54, 1.807) is 16.4 Å². The molecule has 1 aromatic carbocycles. The van der Waals surface area contributed by atoms with Gasteiger partial charge in [0.05, 0.1) is 4.90 Å². The summed E-state index contributed by atoms with van der Waals surface area (Å²) in [4.78, 5) is 7.15. The van der Waals surface area contributed by atoms with Crippen LogP contribution in [0, 0.1) is 0 Å². The van der Waals surface area contributed by atoms with Gasteiger partial charge in [-0.2, -0.15) is 4.31 Å². The molecule has 148 valence electrons. The van der Waals surface area contributed by atoms with Crippen molar-refractivity contribution in [3.05, 3.63) is 48.0 Å². The summed E-state index contributed by atoms with van der Waals surface area (Å²) >= 11 is 0. The molecule has 0 unspecified atom stereocenters. The second-order valence-corrected chi connectivity index (χ2v) is 9.31. The summed E-state index contributed by atoms with van der Waals surface area (Å²) in [6.07, 6.45) is 4.79. The van der Waals surface area contributed by atoms with Gasteiger partial charge in [-0.3, -0.25) is 4.90 Å². The Morgan fingerprint density at radius 3 is 2.30 bits per heavy atom. The van der Waals surface area contributed by atoms with Gasteiger partial charge in [0.2, 0.25) is 10.0 Å². The highest BCUT2D eigenvalue weighted by molar-refractivity contribution is 7.89. The summed E-state index contributed by atoms with van der Waals surface area (Å²) < 4.78 is 29.5. The Balaban J connectivity index is 1.55.